The highest BCUT2D eigenvalue weighted by Crippen LogP contribution is 2.23. The molecule has 0 aliphatic carbocycles. The predicted molar refractivity (Wildman–Crippen MR) is 102 cm³/mol. The van der Waals surface area contributed by atoms with Gasteiger partial charge in [0.25, 0.3) is 5.91 Å². The van der Waals surface area contributed by atoms with Gasteiger partial charge < -0.3 is 9.64 Å². The molecule has 6 heteroatoms. The van der Waals surface area contributed by atoms with E-state index >= 15 is 0 Å². The molecule has 0 saturated carbocycles. The predicted octanol–water partition coefficient (Wildman–Crippen LogP) is 4.09. The van der Waals surface area contributed by atoms with Gasteiger partial charge in [0.2, 0.25) is 5.88 Å². The van der Waals surface area contributed by atoms with Crippen LogP contribution in [0.4, 0.5) is 0 Å². The van der Waals surface area contributed by atoms with Crippen molar-refractivity contribution in [3.05, 3.63) is 75.9 Å². The zero-order valence-electron chi connectivity index (χ0n) is 14.9. The summed E-state index contributed by atoms with van der Waals surface area (Å²) in [6.45, 7) is 5.42. The maximum absolute atomic E-state index is 13.2. The topological polar surface area (TPSA) is 55.3 Å². The Bertz CT molecular complexity index is 864. The number of nitrogens with zero attached hydrogens (tertiary/aromatic N) is 3. The van der Waals surface area contributed by atoms with Crippen LogP contribution in [0.3, 0.4) is 0 Å². The number of pyridine rings is 2. The third-order valence-electron chi connectivity index (χ3n) is 3.81. The van der Waals surface area contributed by atoms with Crippen LogP contribution in [-0.4, -0.2) is 27.4 Å². The summed E-state index contributed by atoms with van der Waals surface area (Å²) in [5, 5.41) is 0. The number of amides is 1. The molecule has 0 radical (unpaired) electrons. The summed E-state index contributed by atoms with van der Waals surface area (Å²) >= 11 is 1.70. The third kappa shape index (κ3) is 4.46. The van der Waals surface area contributed by atoms with Crippen molar-refractivity contribution in [3.63, 3.8) is 0 Å². The summed E-state index contributed by atoms with van der Waals surface area (Å²) in [4.78, 5) is 25.8. The summed E-state index contributed by atoms with van der Waals surface area (Å²) in [7, 11) is 0. The van der Waals surface area contributed by atoms with Crippen molar-refractivity contribution in [2.24, 2.45) is 0 Å². The van der Waals surface area contributed by atoms with Gasteiger partial charge in [0.15, 0.2) is 0 Å². The van der Waals surface area contributed by atoms with Crippen LogP contribution in [0.2, 0.25) is 0 Å². The zero-order valence-corrected chi connectivity index (χ0v) is 15.7. The first-order chi connectivity index (χ1) is 12.7. The van der Waals surface area contributed by atoms with Gasteiger partial charge in [-0.1, -0.05) is 6.07 Å². The van der Waals surface area contributed by atoms with E-state index in [-0.39, 0.29) is 5.91 Å². The van der Waals surface area contributed by atoms with Crippen molar-refractivity contribution in [3.8, 4) is 5.88 Å². The van der Waals surface area contributed by atoms with Gasteiger partial charge in [-0.15, -0.1) is 11.3 Å². The summed E-state index contributed by atoms with van der Waals surface area (Å²) in [5.41, 5.74) is 1.46. The van der Waals surface area contributed by atoms with E-state index in [4.69, 9.17) is 4.74 Å². The third-order valence-corrected chi connectivity index (χ3v) is 4.79. The van der Waals surface area contributed by atoms with E-state index < -0.39 is 0 Å². The first kappa shape index (κ1) is 18.1. The lowest BCUT2D eigenvalue weighted by Crippen LogP contribution is -2.30. The highest BCUT2D eigenvalue weighted by molar-refractivity contribution is 7.11. The van der Waals surface area contributed by atoms with Crippen LogP contribution in [-0.2, 0) is 13.1 Å². The summed E-state index contributed by atoms with van der Waals surface area (Å²) < 4.78 is 5.54. The molecule has 3 aromatic rings. The largest absolute Gasteiger partial charge is 0.477 e. The Labute approximate surface area is 157 Å². The van der Waals surface area contributed by atoms with E-state index in [2.05, 4.69) is 29.0 Å². The molecule has 0 N–H and O–H groups in total. The molecule has 5 nitrogen and oxygen atoms in total. The molecule has 134 valence electrons. The smallest absolute Gasteiger partial charge is 0.259 e. The van der Waals surface area contributed by atoms with Crippen molar-refractivity contribution < 1.29 is 9.53 Å². The molecular formula is C20H21N3O2S. The normalized spacial score (nSPS) is 10.5. The molecule has 0 bridgehead atoms. The molecule has 0 aliphatic rings. The second kappa shape index (κ2) is 8.58. The van der Waals surface area contributed by atoms with Crippen LogP contribution in [0.15, 0.2) is 55.0 Å². The van der Waals surface area contributed by atoms with E-state index in [1.54, 1.807) is 42.1 Å². The van der Waals surface area contributed by atoms with Gasteiger partial charge in [-0.3, -0.25) is 9.78 Å². The summed E-state index contributed by atoms with van der Waals surface area (Å²) in [6.07, 6.45) is 5.15. The highest BCUT2D eigenvalue weighted by atomic mass is 32.1. The number of hydrogen-bond acceptors (Lipinski definition) is 5. The van der Waals surface area contributed by atoms with Crippen molar-refractivity contribution in [1.29, 1.82) is 0 Å². The Morgan fingerprint density at radius 3 is 2.69 bits per heavy atom. The van der Waals surface area contributed by atoms with E-state index in [1.807, 2.05) is 24.0 Å². The number of carbonyl (C=O) groups is 1. The number of ether oxygens (including phenoxy) is 1. The number of aromatic nitrogens is 2. The Hall–Kier alpha value is -2.73. The molecule has 0 atom stereocenters. The molecular weight excluding hydrogens is 346 g/mol. The quantitative estimate of drug-likeness (QED) is 0.631. The minimum absolute atomic E-state index is 0.101. The lowest BCUT2D eigenvalue weighted by atomic mass is 10.2. The summed E-state index contributed by atoms with van der Waals surface area (Å²) in [5.74, 6) is 0.273. The Kier molecular flexibility index (Phi) is 5.96. The van der Waals surface area contributed by atoms with Crippen molar-refractivity contribution in [1.82, 2.24) is 14.9 Å². The average Bonchev–Trinajstić information content (AvgIpc) is 3.07. The van der Waals surface area contributed by atoms with Gasteiger partial charge in [0.1, 0.15) is 5.56 Å². The summed E-state index contributed by atoms with van der Waals surface area (Å²) in [6, 6.07) is 11.5. The molecule has 0 fully saturated rings. The van der Waals surface area contributed by atoms with E-state index in [1.165, 1.54) is 4.88 Å². The molecule has 3 heterocycles. The van der Waals surface area contributed by atoms with E-state index in [0.717, 1.165) is 10.4 Å². The maximum atomic E-state index is 13.2. The highest BCUT2D eigenvalue weighted by Gasteiger charge is 2.21. The Morgan fingerprint density at radius 1 is 1.15 bits per heavy atom. The van der Waals surface area contributed by atoms with Gasteiger partial charge in [-0.25, -0.2) is 4.98 Å². The zero-order chi connectivity index (χ0) is 18.4. The Balaban J connectivity index is 1.90. The number of thiophene rings is 1. The van der Waals surface area contributed by atoms with Crippen molar-refractivity contribution in [2.45, 2.75) is 26.9 Å². The van der Waals surface area contributed by atoms with Crippen molar-refractivity contribution in [2.75, 3.05) is 6.61 Å². The SMILES string of the molecule is CCOc1ncccc1C(=O)N(Cc1cccnc1)Cc1ccc(C)s1. The first-order valence-electron chi connectivity index (χ1n) is 8.48. The van der Waals surface area contributed by atoms with E-state index in [0.29, 0.717) is 31.1 Å². The molecule has 0 spiro atoms. The minimum atomic E-state index is -0.101. The molecule has 0 saturated heterocycles. The van der Waals surface area contributed by atoms with Gasteiger partial charge >= 0.3 is 0 Å². The number of carbonyl (C=O) groups excluding carboxylic acids is 1. The lowest BCUT2D eigenvalue weighted by Gasteiger charge is -2.23. The Morgan fingerprint density at radius 2 is 2.00 bits per heavy atom. The van der Waals surface area contributed by atoms with Crippen LogP contribution in [0.1, 0.15) is 32.6 Å². The fraction of sp³-hybridized carbons (Fsp3) is 0.250. The van der Waals surface area contributed by atoms with Gasteiger partial charge in [-0.05, 0) is 49.7 Å². The van der Waals surface area contributed by atoms with Crippen molar-refractivity contribution >= 4 is 17.2 Å². The van der Waals surface area contributed by atoms with Gasteiger partial charge in [0.05, 0.1) is 13.2 Å². The van der Waals surface area contributed by atoms with Crippen LogP contribution < -0.4 is 4.74 Å². The monoisotopic (exact) mass is 367 g/mol. The first-order valence-corrected chi connectivity index (χ1v) is 9.30. The second-order valence-corrected chi connectivity index (χ2v) is 7.20. The average molecular weight is 367 g/mol. The molecule has 0 aliphatic heterocycles. The number of aryl methyl sites for hydroxylation is 1. The van der Waals surface area contributed by atoms with Crippen LogP contribution in [0.5, 0.6) is 5.88 Å². The molecule has 1 amide bonds. The van der Waals surface area contributed by atoms with Gasteiger partial charge in [0, 0.05) is 34.9 Å². The molecule has 26 heavy (non-hydrogen) atoms. The van der Waals surface area contributed by atoms with Crippen LogP contribution in [0, 0.1) is 6.92 Å². The molecule has 3 rings (SSSR count). The van der Waals surface area contributed by atoms with Gasteiger partial charge in [-0.2, -0.15) is 0 Å². The standard InChI is InChI=1S/C20H21N3O2S/c1-3-25-19-18(7-5-11-22-19)20(24)23(13-16-6-4-10-21-12-16)14-17-9-8-15(2)26-17/h4-12H,3,13-14H2,1-2H3. The number of hydrogen-bond donors (Lipinski definition) is 0. The number of rotatable bonds is 7. The second-order valence-electron chi connectivity index (χ2n) is 5.82. The molecule has 0 aromatic carbocycles. The van der Waals surface area contributed by atoms with E-state index in [9.17, 15) is 4.79 Å². The van der Waals surface area contributed by atoms with Crippen LogP contribution >= 0.6 is 11.3 Å². The fourth-order valence-corrected chi connectivity index (χ4v) is 3.55. The fourth-order valence-electron chi connectivity index (χ4n) is 2.65. The lowest BCUT2D eigenvalue weighted by molar-refractivity contribution is 0.0726. The minimum Gasteiger partial charge on any atom is -0.477 e. The maximum Gasteiger partial charge on any atom is 0.259 e. The van der Waals surface area contributed by atoms with Crippen LogP contribution in [0.25, 0.3) is 0 Å². The molecule has 0 unspecified atom stereocenters. The molecule has 3 aromatic heterocycles.